The van der Waals surface area contributed by atoms with Gasteiger partial charge in [-0.15, -0.1) is 4.72 Å². The second kappa shape index (κ2) is 9.03. The van der Waals surface area contributed by atoms with Crippen LogP contribution in [0.25, 0.3) is 6.08 Å². The van der Waals surface area contributed by atoms with Gasteiger partial charge in [0.1, 0.15) is 11.8 Å². The molecule has 0 saturated carbocycles. The molecule has 35 heavy (non-hydrogen) atoms. The average Bonchev–Trinajstić information content (AvgIpc) is 3.17. The third-order valence-electron chi connectivity index (χ3n) is 6.71. The number of nitrogens with one attached hydrogen (secondary N) is 2. The van der Waals surface area contributed by atoms with Crippen molar-refractivity contribution in [1.82, 2.24) is 14.9 Å². The molecule has 2 unspecified atom stereocenters. The molecule has 3 amide bonds. The van der Waals surface area contributed by atoms with Crippen molar-refractivity contribution in [2.24, 2.45) is 0 Å². The van der Waals surface area contributed by atoms with Crippen molar-refractivity contribution < 1.29 is 27.9 Å². The molecule has 1 aliphatic carbocycles. The first kappa shape index (κ1) is 23.4. The number of rotatable bonds is 6. The molecule has 0 spiro atoms. The zero-order valence-electron chi connectivity index (χ0n) is 19.2. The Bertz CT molecular complexity index is 1320. The number of nitrogens with zero attached hydrogens (tertiary/aromatic N) is 1. The van der Waals surface area contributed by atoms with Crippen LogP contribution in [0.2, 0.25) is 0 Å². The number of fused-ring (bicyclic) bond motifs is 2. The molecule has 0 aromatic heterocycles. The molecule has 2 aromatic carbocycles. The molecule has 3 aliphatic rings. The number of benzene rings is 2. The van der Waals surface area contributed by atoms with E-state index in [1.54, 1.807) is 31.4 Å². The molecule has 1 saturated heterocycles. The van der Waals surface area contributed by atoms with Gasteiger partial charge in [-0.2, -0.15) is 0 Å². The maximum Gasteiger partial charge on any atom is 0.255 e. The summed E-state index contributed by atoms with van der Waals surface area (Å²) >= 11 is 0. The highest BCUT2D eigenvalue weighted by molar-refractivity contribution is 7.99. The van der Waals surface area contributed by atoms with Crippen LogP contribution in [0.3, 0.4) is 0 Å². The molecular weight excluding hydrogens is 470 g/mol. The second-order valence-electron chi connectivity index (χ2n) is 8.89. The predicted molar refractivity (Wildman–Crippen MR) is 127 cm³/mol. The first-order valence-electron chi connectivity index (χ1n) is 11.4. The van der Waals surface area contributed by atoms with E-state index in [-0.39, 0.29) is 31.3 Å². The Kier molecular flexibility index (Phi) is 6.04. The Hall–Kier alpha value is -3.34. The van der Waals surface area contributed by atoms with E-state index in [1.165, 1.54) is 4.90 Å². The van der Waals surface area contributed by atoms with E-state index in [0.717, 1.165) is 16.7 Å². The van der Waals surface area contributed by atoms with Crippen molar-refractivity contribution in [3.63, 3.8) is 0 Å². The SMILES string of the molecule is COc1ccc2c(c1)C=C([S+](=O)([O-])NCc1ccc3c(c1)C(=O)N(C1CCC(=O)NC1=O)C3)CC2. The van der Waals surface area contributed by atoms with Crippen LogP contribution in [0.4, 0.5) is 0 Å². The smallest absolute Gasteiger partial charge is 0.255 e. The molecule has 10 heteroatoms. The van der Waals surface area contributed by atoms with Crippen LogP contribution in [-0.4, -0.2) is 40.3 Å². The van der Waals surface area contributed by atoms with Gasteiger partial charge in [0.05, 0.1) is 13.7 Å². The van der Waals surface area contributed by atoms with Crippen LogP contribution in [0, 0.1) is 0 Å². The van der Waals surface area contributed by atoms with E-state index in [0.29, 0.717) is 41.0 Å². The minimum Gasteiger partial charge on any atom is -0.593 e. The van der Waals surface area contributed by atoms with Gasteiger partial charge in [-0.25, -0.2) is 0 Å². The average molecular weight is 496 g/mol. The Morgan fingerprint density at radius 1 is 1.11 bits per heavy atom. The Balaban J connectivity index is 1.29. The number of carbonyl (C=O) groups is 3. The summed E-state index contributed by atoms with van der Waals surface area (Å²) in [6.07, 6.45) is 3.18. The predicted octanol–water partition coefficient (Wildman–Crippen LogP) is 2.08. The third-order valence-corrected chi connectivity index (χ3v) is 8.25. The standard InChI is InChI=1S/C25H25N3O6S/c1-34-19-6-4-16-5-7-20(12-18(16)11-19)35(32,33)26-13-15-2-3-17-14-28(25(31)21(17)10-15)22-8-9-23(29)27-24(22)30/h2-4,6,10-12,22H,5,7-9,13-14H2,1H3,(H2-,26,27,29,30,32,33). The number of imide groups is 1. The number of methoxy groups -OCH3 is 1. The van der Waals surface area contributed by atoms with Crippen LogP contribution in [0.5, 0.6) is 5.75 Å². The van der Waals surface area contributed by atoms with Crippen LogP contribution in [0.15, 0.2) is 41.3 Å². The summed E-state index contributed by atoms with van der Waals surface area (Å²) in [7, 11) is -2.15. The zero-order chi connectivity index (χ0) is 24.7. The zero-order valence-corrected chi connectivity index (χ0v) is 20.0. The van der Waals surface area contributed by atoms with Gasteiger partial charge in [-0.3, -0.25) is 19.7 Å². The lowest BCUT2D eigenvalue weighted by Crippen LogP contribution is -2.52. The van der Waals surface area contributed by atoms with Crippen LogP contribution in [0.1, 0.15) is 51.9 Å². The second-order valence-corrected chi connectivity index (χ2v) is 10.7. The number of carbonyl (C=O) groups excluding carboxylic acids is 3. The van der Waals surface area contributed by atoms with Crippen LogP contribution in [-0.2, 0) is 43.7 Å². The number of ether oxygens (including phenoxy) is 1. The third kappa shape index (κ3) is 4.52. The van der Waals surface area contributed by atoms with Gasteiger partial charge in [-0.1, -0.05) is 22.4 Å². The van der Waals surface area contributed by atoms with E-state index in [4.69, 9.17) is 4.74 Å². The molecule has 182 valence electrons. The van der Waals surface area contributed by atoms with Crippen molar-refractivity contribution in [3.8, 4) is 5.75 Å². The molecule has 0 bridgehead atoms. The molecule has 9 nitrogen and oxygen atoms in total. The highest BCUT2D eigenvalue weighted by Gasteiger charge is 2.39. The number of hydrogen-bond acceptors (Lipinski definition) is 6. The van der Waals surface area contributed by atoms with Gasteiger partial charge >= 0.3 is 0 Å². The fraction of sp³-hybridized carbons (Fsp3) is 0.320. The van der Waals surface area contributed by atoms with Gasteiger partial charge in [-0.05, 0) is 59.4 Å². The summed E-state index contributed by atoms with van der Waals surface area (Å²) in [5.74, 6) is -0.420. The fourth-order valence-corrected chi connectivity index (χ4v) is 5.96. The normalized spacial score (nSPS) is 21.1. The maximum absolute atomic E-state index is 13.0. The van der Waals surface area contributed by atoms with Crippen molar-refractivity contribution in [1.29, 1.82) is 0 Å². The molecule has 2 N–H and O–H groups in total. The van der Waals surface area contributed by atoms with E-state index >= 15 is 0 Å². The number of amides is 3. The molecule has 2 atom stereocenters. The lowest BCUT2D eigenvalue weighted by atomic mass is 9.97. The molecule has 2 aromatic rings. The van der Waals surface area contributed by atoms with Crippen molar-refractivity contribution in [2.75, 3.05) is 7.11 Å². The monoisotopic (exact) mass is 495 g/mol. The molecule has 5 rings (SSSR count). The fourth-order valence-electron chi connectivity index (χ4n) is 4.76. The highest BCUT2D eigenvalue weighted by atomic mass is 32.3. The topological polar surface area (TPSA) is 128 Å². The summed E-state index contributed by atoms with van der Waals surface area (Å²) in [6.45, 7) is 0.311. The minimum absolute atomic E-state index is 0.0314. The molecular formula is C25H25N3O6S. The molecule has 2 heterocycles. The van der Waals surface area contributed by atoms with Gasteiger partial charge in [0.15, 0.2) is 15.3 Å². The first-order chi connectivity index (χ1) is 16.7. The maximum atomic E-state index is 13.0. The summed E-state index contributed by atoms with van der Waals surface area (Å²) in [5, 5.41) is 2.28. The number of allylic oxidation sites excluding steroid dienone is 1. The highest BCUT2D eigenvalue weighted by Crippen LogP contribution is 2.32. The Labute approximate surface area is 203 Å². The van der Waals surface area contributed by atoms with Crippen LogP contribution < -0.4 is 14.8 Å². The van der Waals surface area contributed by atoms with E-state index in [1.807, 2.05) is 18.2 Å². The summed E-state index contributed by atoms with van der Waals surface area (Å²) in [5.41, 5.74) is 3.76. The molecule has 1 fully saturated rings. The summed E-state index contributed by atoms with van der Waals surface area (Å²) in [6, 6.07) is 10.2. The van der Waals surface area contributed by atoms with Crippen molar-refractivity contribution in [3.05, 3.63) is 69.1 Å². The van der Waals surface area contributed by atoms with E-state index < -0.39 is 22.3 Å². The quantitative estimate of drug-likeness (QED) is 0.467. The molecule has 0 radical (unpaired) electrons. The van der Waals surface area contributed by atoms with Gasteiger partial charge in [0.2, 0.25) is 11.8 Å². The lowest BCUT2D eigenvalue weighted by Gasteiger charge is -2.29. The molecule has 2 aliphatic heterocycles. The number of piperidine rings is 1. The first-order valence-corrected chi connectivity index (χ1v) is 12.9. The number of hydrogen-bond donors (Lipinski definition) is 2. The minimum atomic E-state index is -3.72. The summed E-state index contributed by atoms with van der Waals surface area (Å²) in [4.78, 5) is 38.4. The lowest BCUT2D eigenvalue weighted by molar-refractivity contribution is -0.136. The number of aryl methyl sites for hydroxylation is 1. The Morgan fingerprint density at radius 2 is 1.91 bits per heavy atom. The van der Waals surface area contributed by atoms with Gasteiger partial charge in [0.25, 0.3) is 5.91 Å². The van der Waals surface area contributed by atoms with E-state index in [9.17, 15) is 23.1 Å². The summed E-state index contributed by atoms with van der Waals surface area (Å²) < 4.78 is 33.9. The largest absolute Gasteiger partial charge is 0.593 e. The Morgan fingerprint density at radius 3 is 2.69 bits per heavy atom. The van der Waals surface area contributed by atoms with Crippen molar-refractivity contribution >= 4 is 34.2 Å². The van der Waals surface area contributed by atoms with Crippen LogP contribution >= 0.6 is 0 Å². The van der Waals surface area contributed by atoms with E-state index in [2.05, 4.69) is 10.0 Å². The van der Waals surface area contributed by atoms with Gasteiger partial charge in [0, 0.05) is 24.9 Å². The van der Waals surface area contributed by atoms with Gasteiger partial charge < -0.3 is 14.2 Å². The van der Waals surface area contributed by atoms with Crippen molar-refractivity contribution in [2.45, 2.75) is 44.8 Å². The number of sulfonamides is 1.